The summed E-state index contributed by atoms with van der Waals surface area (Å²) >= 11 is 2.22. The molecule has 4 nitrogen and oxygen atoms in total. The van der Waals surface area contributed by atoms with Crippen LogP contribution in [-0.4, -0.2) is 23.9 Å². The van der Waals surface area contributed by atoms with Gasteiger partial charge in [-0.05, 0) is 73.0 Å². The number of benzene rings is 1. The largest absolute Gasteiger partial charge is 0.325 e. The Bertz CT molecular complexity index is 537. The second-order valence-electron chi connectivity index (χ2n) is 5.89. The number of carbonyl (C=O) groups excluding carboxylic acids is 1. The molecule has 5 heteroatoms. The van der Waals surface area contributed by atoms with Crippen LogP contribution in [0.25, 0.3) is 0 Å². The van der Waals surface area contributed by atoms with Crippen molar-refractivity contribution in [3.8, 4) is 0 Å². The molecule has 0 fully saturated rings. The Morgan fingerprint density at radius 1 is 1.32 bits per heavy atom. The maximum Gasteiger partial charge on any atom is 0.238 e. The summed E-state index contributed by atoms with van der Waals surface area (Å²) in [4.78, 5) is 16.9. The second-order valence-corrected chi connectivity index (χ2v) is 7.14. The highest BCUT2D eigenvalue weighted by atomic mass is 127. The zero-order valence-electron chi connectivity index (χ0n) is 13.6. The van der Waals surface area contributed by atoms with E-state index in [1.165, 1.54) is 0 Å². The molecule has 0 bridgehead atoms. The van der Waals surface area contributed by atoms with Gasteiger partial charge in [-0.15, -0.1) is 0 Å². The van der Waals surface area contributed by atoms with Gasteiger partial charge in [0, 0.05) is 27.2 Å². The molecule has 0 aliphatic carbocycles. The van der Waals surface area contributed by atoms with E-state index in [9.17, 15) is 4.79 Å². The lowest BCUT2D eigenvalue weighted by Gasteiger charge is -2.15. The number of anilines is 1. The molecule has 0 aliphatic heterocycles. The quantitative estimate of drug-likeness (QED) is 0.505. The molecule has 0 radical (unpaired) electrons. The predicted octanol–water partition coefficient (Wildman–Crippen LogP) is 4.39. The van der Waals surface area contributed by atoms with Crippen molar-refractivity contribution in [1.82, 2.24) is 0 Å². The molecular weight excluding hydrogens is 389 g/mol. The van der Waals surface area contributed by atoms with Crippen LogP contribution in [0, 0.1) is 20.8 Å². The standard InChI is InChI=1S/C17H24IN3O/c1-11(2)9-12(3)20-13(4)16(10-19)17(22)21-15-7-5-14(18)6-8-15/h5-8,10-12,16,19H,9H2,1-4H3,(H,21,22)/b19-10?,20-13+. The molecule has 0 spiro atoms. The summed E-state index contributed by atoms with van der Waals surface area (Å²) in [6.07, 6.45) is 2.13. The summed E-state index contributed by atoms with van der Waals surface area (Å²) in [5, 5.41) is 10.4. The zero-order valence-corrected chi connectivity index (χ0v) is 15.7. The number of nitrogens with one attached hydrogen (secondary N) is 2. The lowest BCUT2D eigenvalue weighted by Crippen LogP contribution is -2.30. The van der Waals surface area contributed by atoms with Crippen molar-refractivity contribution in [2.75, 3.05) is 5.32 Å². The number of hydrogen-bond donors (Lipinski definition) is 2. The van der Waals surface area contributed by atoms with E-state index in [1.54, 1.807) is 0 Å². The van der Waals surface area contributed by atoms with Crippen LogP contribution >= 0.6 is 22.6 Å². The van der Waals surface area contributed by atoms with E-state index in [-0.39, 0.29) is 11.9 Å². The zero-order chi connectivity index (χ0) is 16.7. The molecule has 2 N–H and O–H groups in total. The smallest absolute Gasteiger partial charge is 0.238 e. The average Bonchev–Trinajstić information content (AvgIpc) is 2.41. The Morgan fingerprint density at radius 2 is 1.91 bits per heavy atom. The first-order valence-corrected chi connectivity index (χ1v) is 8.52. The van der Waals surface area contributed by atoms with Gasteiger partial charge in [0.15, 0.2) is 0 Å². The van der Waals surface area contributed by atoms with E-state index in [2.05, 4.69) is 46.7 Å². The van der Waals surface area contributed by atoms with Crippen molar-refractivity contribution in [2.24, 2.45) is 16.8 Å². The van der Waals surface area contributed by atoms with Crippen LogP contribution in [0.2, 0.25) is 0 Å². The number of rotatable bonds is 7. The van der Waals surface area contributed by atoms with Crippen molar-refractivity contribution in [1.29, 1.82) is 5.41 Å². The van der Waals surface area contributed by atoms with E-state index in [0.29, 0.717) is 11.6 Å². The van der Waals surface area contributed by atoms with Gasteiger partial charge in [0.25, 0.3) is 0 Å². The fourth-order valence-corrected chi connectivity index (χ4v) is 2.66. The summed E-state index contributed by atoms with van der Waals surface area (Å²) in [6.45, 7) is 8.17. The molecule has 2 unspecified atom stereocenters. The van der Waals surface area contributed by atoms with Crippen LogP contribution < -0.4 is 5.32 Å². The predicted molar refractivity (Wildman–Crippen MR) is 102 cm³/mol. The van der Waals surface area contributed by atoms with Crippen molar-refractivity contribution in [2.45, 2.75) is 40.2 Å². The minimum absolute atomic E-state index is 0.161. The molecule has 0 heterocycles. The molecule has 2 atom stereocenters. The van der Waals surface area contributed by atoms with Crippen molar-refractivity contribution in [3.05, 3.63) is 27.8 Å². The fraction of sp³-hybridized carbons (Fsp3) is 0.471. The molecule has 1 amide bonds. The minimum Gasteiger partial charge on any atom is -0.325 e. The van der Waals surface area contributed by atoms with Gasteiger partial charge >= 0.3 is 0 Å². The summed E-state index contributed by atoms with van der Waals surface area (Å²) < 4.78 is 1.11. The topological polar surface area (TPSA) is 65.3 Å². The van der Waals surface area contributed by atoms with Crippen molar-refractivity contribution in [3.63, 3.8) is 0 Å². The van der Waals surface area contributed by atoms with Gasteiger partial charge in [-0.1, -0.05) is 13.8 Å². The normalized spacial score (nSPS) is 14.5. The number of halogens is 1. The number of carbonyl (C=O) groups is 1. The monoisotopic (exact) mass is 413 g/mol. The molecule has 1 aromatic rings. The molecule has 0 saturated heterocycles. The van der Waals surface area contributed by atoms with E-state index < -0.39 is 5.92 Å². The third kappa shape index (κ3) is 6.25. The Labute approximate surface area is 146 Å². The number of hydrogen-bond acceptors (Lipinski definition) is 3. The van der Waals surface area contributed by atoms with Crippen LogP contribution in [0.15, 0.2) is 29.3 Å². The number of nitrogens with zero attached hydrogens (tertiary/aromatic N) is 1. The highest BCUT2D eigenvalue weighted by molar-refractivity contribution is 14.1. The van der Waals surface area contributed by atoms with Gasteiger partial charge in [0.05, 0.1) is 0 Å². The number of amides is 1. The molecule has 0 aromatic heterocycles. The Kier molecular flexibility index (Phi) is 7.72. The van der Waals surface area contributed by atoms with E-state index in [1.807, 2.05) is 38.1 Å². The highest BCUT2D eigenvalue weighted by Crippen LogP contribution is 2.14. The highest BCUT2D eigenvalue weighted by Gasteiger charge is 2.20. The van der Waals surface area contributed by atoms with Crippen LogP contribution in [0.4, 0.5) is 5.69 Å². The fourth-order valence-electron chi connectivity index (χ4n) is 2.30. The molecule has 22 heavy (non-hydrogen) atoms. The summed E-state index contributed by atoms with van der Waals surface area (Å²) in [7, 11) is 0. The van der Waals surface area contributed by atoms with E-state index in [4.69, 9.17) is 5.41 Å². The summed E-state index contributed by atoms with van der Waals surface area (Å²) in [6, 6.07) is 7.74. The van der Waals surface area contributed by atoms with Gasteiger partial charge in [0.1, 0.15) is 5.92 Å². The Balaban J connectivity index is 2.77. The van der Waals surface area contributed by atoms with Gasteiger partial charge < -0.3 is 10.7 Å². The minimum atomic E-state index is -0.617. The number of aliphatic imine (C=N–C) groups is 1. The van der Waals surface area contributed by atoms with Gasteiger partial charge in [-0.25, -0.2) is 0 Å². The Morgan fingerprint density at radius 3 is 2.41 bits per heavy atom. The molecule has 0 saturated carbocycles. The third-order valence-electron chi connectivity index (χ3n) is 3.25. The van der Waals surface area contributed by atoms with E-state index >= 15 is 0 Å². The summed E-state index contributed by atoms with van der Waals surface area (Å²) in [5.41, 5.74) is 1.42. The van der Waals surface area contributed by atoms with Crippen LogP contribution in [-0.2, 0) is 4.79 Å². The molecular formula is C17H24IN3O. The van der Waals surface area contributed by atoms with Crippen molar-refractivity contribution >= 4 is 46.1 Å². The third-order valence-corrected chi connectivity index (χ3v) is 3.97. The van der Waals surface area contributed by atoms with E-state index in [0.717, 1.165) is 21.9 Å². The van der Waals surface area contributed by atoms with Crippen molar-refractivity contribution < 1.29 is 4.79 Å². The lowest BCUT2D eigenvalue weighted by molar-refractivity contribution is -0.116. The first-order valence-electron chi connectivity index (χ1n) is 7.44. The first-order chi connectivity index (χ1) is 10.3. The maximum atomic E-state index is 12.3. The lowest BCUT2D eigenvalue weighted by atomic mass is 10.0. The van der Waals surface area contributed by atoms with Gasteiger partial charge in [0.2, 0.25) is 5.91 Å². The molecule has 120 valence electrons. The van der Waals surface area contributed by atoms with Crippen LogP contribution in [0.1, 0.15) is 34.1 Å². The van der Waals surface area contributed by atoms with Crippen LogP contribution in [0.5, 0.6) is 0 Å². The first kappa shape index (κ1) is 18.8. The summed E-state index contributed by atoms with van der Waals surface area (Å²) in [5.74, 6) is -0.270. The average molecular weight is 413 g/mol. The Hall–Kier alpha value is -1.24. The molecule has 0 aliphatic rings. The molecule has 1 aromatic carbocycles. The SMILES string of the molecule is C/C(=N\C(C)CC(C)C)C(C=N)C(=O)Nc1ccc(I)cc1. The van der Waals surface area contributed by atoms with Gasteiger partial charge in [-0.2, -0.15) is 0 Å². The van der Waals surface area contributed by atoms with Crippen LogP contribution in [0.3, 0.4) is 0 Å². The molecule has 1 rings (SSSR count). The van der Waals surface area contributed by atoms with Gasteiger partial charge in [-0.3, -0.25) is 9.79 Å². The maximum absolute atomic E-state index is 12.3. The second kappa shape index (κ2) is 9.02.